The van der Waals surface area contributed by atoms with Crippen LogP contribution >= 0.6 is 11.8 Å². The molecule has 0 radical (unpaired) electrons. The second kappa shape index (κ2) is 7.41. The number of methoxy groups -OCH3 is 2. The molecule has 0 saturated carbocycles. The van der Waals surface area contributed by atoms with E-state index in [-0.39, 0.29) is 5.25 Å². The summed E-state index contributed by atoms with van der Waals surface area (Å²) in [7, 11) is 3.25. The lowest BCUT2D eigenvalue weighted by atomic mass is 9.95. The first kappa shape index (κ1) is 16.4. The molecule has 0 bridgehead atoms. The maximum absolute atomic E-state index is 9.68. The standard InChI is InChI=1S/C19H18N2O2S/c1-22-16-10-13-8-9-21-19(15(13)11-17(16)23-2)18(12-20)24-14-6-4-3-5-7-14/h3-7,10-11,18H,8-9H2,1-2H3. The van der Waals surface area contributed by atoms with Crippen molar-refractivity contribution < 1.29 is 9.47 Å². The average Bonchev–Trinajstić information content (AvgIpc) is 2.65. The molecule has 0 aliphatic carbocycles. The minimum Gasteiger partial charge on any atom is -0.493 e. The summed E-state index contributed by atoms with van der Waals surface area (Å²) >= 11 is 1.52. The van der Waals surface area contributed by atoms with Gasteiger partial charge >= 0.3 is 0 Å². The number of benzene rings is 2. The number of nitrogens with zero attached hydrogens (tertiary/aromatic N) is 2. The fourth-order valence-corrected chi connectivity index (χ4v) is 3.70. The summed E-state index contributed by atoms with van der Waals surface area (Å²) < 4.78 is 10.8. The molecule has 0 amide bonds. The van der Waals surface area contributed by atoms with Gasteiger partial charge in [0.1, 0.15) is 5.25 Å². The van der Waals surface area contributed by atoms with E-state index in [0.29, 0.717) is 18.0 Å². The molecule has 2 aromatic rings. The van der Waals surface area contributed by atoms with E-state index in [2.05, 4.69) is 11.1 Å². The van der Waals surface area contributed by atoms with Crippen molar-refractivity contribution in [2.75, 3.05) is 20.8 Å². The van der Waals surface area contributed by atoms with Crippen LogP contribution in [0.1, 0.15) is 11.1 Å². The van der Waals surface area contributed by atoms with Crippen molar-refractivity contribution in [3.05, 3.63) is 53.6 Å². The molecule has 1 unspecified atom stereocenters. The van der Waals surface area contributed by atoms with Gasteiger partial charge in [0.2, 0.25) is 0 Å². The van der Waals surface area contributed by atoms with E-state index in [9.17, 15) is 5.26 Å². The molecule has 24 heavy (non-hydrogen) atoms. The van der Waals surface area contributed by atoms with Gasteiger partial charge in [-0.05, 0) is 36.2 Å². The van der Waals surface area contributed by atoms with E-state index in [1.807, 2.05) is 42.5 Å². The van der Waals surface area contributed by atoms with Crippen molar-refractivity contribution in [1.82, 2.24) is 0 Å². The molecule has 5 heteroatoms. The number of aliphatic imine (C=N–C) groups is 1. The Kier molecular flexibility index (Phi) is 5.07. The molecule has 0 fully saturated rings. The highest BCUT2D eigenvalue weighted by Gasteiger charge is 2.25. The quantitative estimate of drug-likeness (QED) is 0.780. The predicted molar refractivity (Wildman–Crippen MR) is 96.4 cm³/mol. The van der Waals surface area contributed by atoms with Gasteiger partial charge in [-0.2, -0.15) is 5.26 Å². The van der Waals surface area contributed by atoms with Crippen LogP contribution in [0.25, 0.3) is 0 Å². The Morgan fingerprint density at radius 3 is 2.50 bits per heavy atom. The van der Waals surface area contributed by atoms with Crippen LogP contribution in [-0.4, -0.2) is 31.7 Å². The third-order valence-electron chi connectivity index (χ3n) is 3.91. The summed E-state index contributed by atoms with van der Waals surface area (Å²) in [4.78, 5) is 5.70. The van der Waals surface area contributed by atoms with Crippen molar-refractivity contribution in [3.8, 4) is 17.6 Å². The normalized spacial score (nSPS) is 14.1. The highest BCUT2D eigenvalue weighted by Crippen LogP contribution is 2.35. The number of thioether (sulfide) groups is 1. The molecule has 2 aromatic carbocycles. The SMILES string of the molecule is COc1cc2c(cc1OC)C(C(C#N)Sc1ccccc1)=NCC2. The first-order valence-electron chi connectivity index (χ1n) is 7.67. The maximum atomic E-state index is 9.68. The van der Waals surface area contributed by atoms with Gasteiger partial charge in [0.05, 0.1) is 26.0 Å². The van der Waals surface area contributed by atoms with Crippen molar-refractivity contribution in [2.45, 2.75) is 16.6 Å². The van der Waals surface area contributed by atoms with Crippen molar-refractivity contribution in [2.24, 2.45) is 4.99 Å². The summed E-state index contributed by atoms with van der Waals surface area (Å²) in [5, 5.41) is 9.33. The van der Waals surface area contributed by atoms with Gasteiger partial charge in [0.15, 0.2) is 11.5 Å². The molecule has 1 atom stereocenters. The lowest BCUT2D eigenvalue weighted by Crippen LogP contribution is -2.23. The van der Waals surface area contributed by atoms with Crippen LogP contribution in [0.3, 0.4) is 0 Å². The highest BCUT2D eigenvalue weighted by atomic mass is 32.2. The number of hydrogen-bond acceptors (Lipinski definition) is 5. The molecule has 0 aromatic heterocycles. The zero-order valence-electron chi connectivity index (χ0n) is 13.7. The summed E-state index contributed by atoms with van der Waals surface area (Å²) in [5.74, 6) is 1.37. The van der Waals surface area contributed by atoms with Gasteiger partial charge in [-0.15, -0.1) is 11.8 Å². The Hall–Kier alpha value is -2.45. The van der Waals surface area contributed by atoms with Gasteiger partial charge in [0, 0.05) is 17.0 Å². The van der Waals surface area contributed by atoms with E-state index in [4.69, 9.17) is 9.47 Å². The molecule has 0 N–H and O–H groups in total. The van der Waals surface area contributed by atoms with Gasteiger partial charge in [-0.1, -0.05) is 18.2 Å². The highest BCUT2D eigenvalue weighted by molar-refractivity contribution is 8.01. The van der Waals surface area contributed by atoms with Crippen molar-refractivity contribution in [3.63, 3.8) is 0 Å². The minimum atomic E-state index is -0.357. The third kappa shape index (κ3) is 3.24. The molecule has 122 valence electrons. The van der Waals surface area contributed by atoms with Gasteiger partial charge < -0.3 is 9.47 Å². The molecule has 3 rings (SSSR count). The van der Waals surface area contributed by atoms with Crippen LogP contribution in [-0.2, 0) is 6.42 Å². The number of fused-ring (bicyclic) bond motifs is 1. The summed E-state index contributed by atoms with van der Waals surface area (Å²) in [6.45, 7) is 0.686. The third-order valence-corrected chi connectivity index (χ3v) is 5.02. The molecule has 1 aliphatic heterocycles. The zero-order chi connectivity index (χ0) is 16.9. The lowest BCUT2D eigenvalue weighted by molar-refractivity contribution is 0.354. The Morgan fingerprint density at radius 1 is 1.12 bits per heavy atom. The van der Waals surface area contributed by atoms with Gasteiger partial charge in [-0.25, -0.2) is 0 Å². The Morgan fingerprint density at radius 2 is 1.83 bits per heavy atom. The molecule has 1 aliphatic rings. The average molecular weight is 338 g/mol. The smallest absolute Gasteiger partial charge is 0.161 e. The lowest BCUT2D eigenvalue weighted by Gasteiger charge is -2.22. The molecule has 1 heterocycles. The van der Waals surface area contributed by atoms with E-state index in [1.54, 1.807) is 14.2 Å². The number of rotatable bonds is 5. The van der Waals surface area contributed by atoms with Crippen LogP contribution in [0.2, 0.25) is 0 Å². The molecular formula is C19H18N2O2S. The van der Waals surface area contributed by atoms with E-state index in [1.165, 1.54) is 11.8 Å². The van der Waals surface area contributed by atoms with Crippen LogP contribution in [0.5, 0.6) is 11.5 Å². The van der Waals surface area contributed by atoms with Crippen LogP contribution in [0.15, 0.2) is 52.4 Å². The van der Waals surface area contributed by atoms with Crippen molar-refractivity contribution in [1.29, 1.82) is 5.26 Å². The second-order valence-electron chi connectivity index (χ2n) is 5.32. The Balaban J connectivity index is 1.97. The van der Waals surface area contributed by atoms with Crippen LogP contribution in [0, 0.1) is 11.3 Å². The van der Waals surface area contributed by atoms with Gasteiger partial charge in [0.25, 0.3) is 0 Å². The first-order valence-corrected chi connectivity index (χ1v) is 8.55. The topological polar surface area (TPSA) is 54.6 Å². The van der Waals surface area contributed by atoms with Crippen LogP contribution < -0.4 is 9.47 Å². The Bertz CT molecular complexity index is 797. The van der Waals surface area contributed by atoms with Crippen molar-refractivity contribution >= 4 is 17.5 Å². The van der Waals surface area contributed by atoms with E-state index in [0.717, 1.165) is 28.2 Å². The fraction of sp³-hybridized carbons (Fsp3) is 0.263. The summed E-state index contributed by atoms with van der Waals surface area (Å²) in [6.07, 6.45) is 0.841. The molecule has 4 nitrogen and oxygen atoms in total. The summed E-state index contributed by atoms with van der Waals surface area (Å²) in [5.41, 5.74) is 2.94. The summed E-state index contributed by atoms with van der Waals surface area (Å²) in [6, 6.07) is 16.2. The number of ether oxygens (including phenoxy) is 2. The fourth-order valence-electron chi connectivity index (χ4n) is 2.75. The van der Waals surface area contributed by atoms with E-state index < -0.39 is 0 Å². The maximum Gasteiger partial charge on any atom is 0.161 e. The number of hydrogen-bond donors (Lipinski definition) is 0. The Labute approximate surface area is 146 Å². The second-order valence-corrected chi connectivity index (χ2v) is 6.50. The van der Waals surface area contributed by atoms with Crippen LogP contribution in [0.4, 0.5) is 0 Å². The minimum absolute atomic E-state index is 0.357. The molecule has 0 spiro atoms. The van der Waals surface area contributed by atoms with E-state index >= 15 is 0 Å². The number of nitriles is 1. The largest absolute Gasteiger partial charge is 0.493 e. The molecule has 0 saturated heterocycles. The zero-order valence-corrected chi connectivity index (χ0v) is 14.5. The predicted octanol–water partition coefficient (Wildman–Crippen LogP) is 3.73. The molecular weight excluding hydrogens is 320 g/mol. The van der Waals surface area contributed by atoms with Gasteiger partial charge in [-0.3, -0.25) is 4.99 Å². The monoisotopic (exact) mass is 338 g/mol. The first-order chi connectivity index (χ1) is 11.8.